The standard InChI is InChI=1S/C17H16N4O2/c1-12(19-17(23)15-8-5-9-16(22)20-15)13-10-18-21(11-13)14-6-3-2-4-7-14/h2-12H,1H3,(H,19,23)(H,20,22)/t12-/m1/s1. The molecule has 0 unspecified atom stereocenters. The van der Waals surface area contributed by atoms with E-state index in [1.165, 1.54) is 6.07 Å². The number of carbonyl (C=O) groups excluding carboxylic acids is 1. The Morgan fingerprint density at radius 1 is 1.17 bits per heavy atom. The fourth-order valence-corrected chi connectivity index (χ4v) is 2.22. The molecule has 0 saturated heterocycles. The topological polar surface area (TPSA) is 79.8 Å². The van der Waals surface area contributed by atoms with E-state index in [2.05, 4.69) is 15.4 Å². The predicted molar refractivity (Wildman–Crippen MR) is 86.5 cm³/mol. The van der Waals surface area contributed by atoms with Crippen molar-refractivity contribution in [3.8, 4) is 5.69 Å². The molecule has 3 aromatic rings. The summed E-state index contributed by atoms with van der Waals surface area (Å²) in [7, 11) is 0. The number of nitrogens with zero attached hydrogens (tertiary/aromatic N) is 2. The monoisotopic (exact) mass is 308 g/mol. The molecule has 0 fully saturated rings. The Bertz CT molecular complexity index is 867. The minimum absolute atomic E-state index is 0.233. The molecule has 0 bridgehead atoms. The molecule has 0 aliphatic rings. The molecular weight excluding hydrogens is 292 g/mol. The maximum Gasteiger partial charge on any atom is 0.268 e. The maximum atomic E-state index is 12.1. The molecule has 0 saturated carbocycles. The first-order valence-electron chi connectivity index (χ1n) is 7.24. The molecule has 6 nitrogen and oxygen atoms in total. The molecule has 2 aromatic heterocycles. The van der Waals surface area contributed by atoms with Crippen LogP contribution in [0.3, 0.4) is 0 Å². The smallest absolute Gasteiger partial charge is 0.268 e. The molecule has 1 atom stereocenters. The number of carbonyl (C=O) groups is 1. The highest BCUT2D eigenvalue weighted by atomic mass is 16.2. The SMILES string of the molecule is C[C@@H](NC(=O)c1cccc(=O)[nH]1)c1cnn(-c2ccccc2)c1. The van der Waals surface area contributed by atoms with Crippen LogP contribution in [0.1, 0.15) is 29.0 Å². The molecule has 0 radical (unpaired) electrons. The van der Waals surface area contributed by atoms with Crippen LogP contribution in [0.2, 0.25) is 0 Å². The summed E-state index contributed by atoms with van der Waals surface area (Å²) in [6, 6.07) is 14.0. The van der Waals surface area contributed by atoms with Gasteiger partial charge in [0.25, 0.3) is 5.91 Å². The van der Waals surface area contributed by atoms with Gasteiger partial charge in [-0.3, -0.25) is 9.59 Å². The van der Waals surface area contributed by atoms with Crippen molar-refractivity contribution in [1.82, 2.24) is 20.1 Å². The van der Waals surface area contributed by atoms with Gasteiger partial charge in [0, 0.05) is 17.8 Å². The Hall–Kier alpha value is -3.15. The van der Waals surface area contributed by atoms with E-state index < -0.39 is 0 Å². The lowest BCUT2D eigenvalue weighted by Gasteiger charge is -2.11. The lowest BCUT2D eigenvalue weighted by Crippen LogP contribution is -2.28. The van der Waals surface area contributed by atoms with Gasteiger partial charge in [0.05, 0.1) is 17.9 Å². The summed E-state index contributed by atoms with van der Waals surface area (Å²) in [5, 5.41) is 7.15. The van der Waals surface area contributed by atoms with Crippen LogP contribution < -0.4 is 10.9 Å². The Kier molecular flexibility index (Phi) is 4.05. The van der Waals surface area contributed by atoms with Crippen molar-refractivity contribution in [1.29, 1.82) is 0 Å². The van der Waals surface area contributed by atoms with Gasteiger partial charge in [0.2, 0.25) is 5.56 Å². The van der Waals surface area contributed by atoms with E-state index in [9.17, 15) is 9.59 Å². The highest BCUT2D eigenvalue weighted by Crippen LogP contribution is 2.14. The van der Waals surface area contributed by atoms with Crippen LogP contribution in [-0.2, 0) is 0 Å². The number of H-pyrrole nitrogens is 1. The third kappa shape index (κ3) is 3.37. The van der Waals surface area contributed by atoms with Gasteiger partial charge in [-0.15, -0.1) is 0 Å². The average Bonchev–Trinajstić information content (AvgIpc) is 3.06. The fraction of sp³-hybridized carbons (Fsp3) is 0.118. The molecule has 0 spiro atoms. The van der Waals surface area contributed by atoms with Gasteiger partial charge in [-0.1, -0.05) is 24.3 Å². The van der Waals surface area contributed by atoms with E-state index in [1.807, 2.05) is 43.5 Å². The molecule has 2 heterocycles. The van der Waals surface area contributed by atoms with Crippen molar-refractivity contribution < 1.29 is 4.79 Å². The zero-order chi connectivity index (χ0) is 16.2. The Labute approximate surface area is 132 Å². The number of hydrogen-bond donors (Lipinski definition) is 2. The van der Waals surface area contributed by atoms with Crippen LogP contribution in [0.5, 0.6) is 0 Å². The number of hydrogen-bond acceptors (Lipinski definition) is 3. The molecular formula is C17H16N4O2. The van der Waals surface area contributed by atoms with Crippen molar-refractivity contribution in [2.75, 3.05) is 0 Å². The highest BCUT2D eigenvalue weighted by molar-refractivity contribution is 5.92. The second-order valence-electron chi connectivity index (χ2n) is 5.18. The van der Waals surface area contributed by atoms with Gasteiger partial charge in [-0.25, -0.2) is 4.68 Å². The van der Waals surface area contributed by atoms with Crippen molar-refractivity contribution >= 4 is 5.91 Å². The first-order valence-corrected chi connectivity index (χ1v) is 7.24. The Morgan fingerprint density at radius 3 is 2.70 bits per heavy atom. The largest absolute Gasteiger partial charge is 0.344 e. The number of aromatic nitrogens is 3. The van der Waals surface area contributed by atoms with Gasteiger partial charge in [-0.2, -0.15) is 5.10 Å². The first-order chi connectivity index (χ1) is 11.1. The Balaban J connectivity index is 1.74. The molecule has 1 aromatic carbocycles. The number of nitrogens with one attached hydrogen (secondary N) is 2. The second kappa shape index (κ2) is 6.31. The van der Waals surface area contributed by atoms with Gasteiger partial charge in [0.15, 0.2) is 0 Å². The predicted octanol–water partition coefficient (Wildman–Crippen LogP) is 2.05. The number of para-hydroxylation sites is 1. The summed E-state index contributed by atoms with van der Waals surface area (Å²) < 4.78 is 1.75. The summed E-state index contributed by atoms with van der Waals surface area (Å²) in [6.45, 7) is 1.87. The van der Waals surface area contributed by atoms with E-state index in [-0.39, 0.29) is 23.2 Å². The lowest BCUT2D eigenvalue weighted by molar-refractivity contribution is 0.0934. The third-order valence-electron chi connectivity index (χ3n) is 3.48. The maximum absolute atomic E-state index is 12.1. The second-order valence-corrected chi connectivity index (χ2v) is 5.18. The van der Waals surface area contributed by atoms with Gasteiger partial charge >= 0.3 is 0 Å². The van der Waals surface area contributed by atoms with Crippen LogP contribution in [0.25, 0.3) is 5.69 Å². The number of benzene rings is 1. The van der Waals surface area contributed by atoms with Crippen LogP contribution in [0, 0.1) is 0 Å². The Morgan fingerprint density at radius 2 is 1.96 bits per heavy atom. The summed E-state index contributed by atoms with van der Waals surface area (Å²) in [5.74, 6) is -0.331. The highest BCUT2D eigenvalue weighted by Gasteiger charge is 2.14. The lowest BCUT2D eigenvalue weighted by atomic mass is 10.2. The van der Waals surface area contributed by atoms with Gasteiger partial charge in [-0.05, 0) is 25.1 Å². The fourth-order valence-electron chi connectivity index (χ4n) is 2.22. The normalized spacial score (nSPS) is 11.9. The minimum Gasteiger partial charge on any atom is -0.344 e. The first kappa shape index (κ1) is 14.8. The molecule has 6 heteroatoms. The van der Waals surface area contributed by atoms with E-state index in [0.29, 0.717) is 0 Å². The number of amides is 1. The minimum atomic E-state index is -0.331. The molecule has 0 aliphatic heterocycles. The number of pyridine rings is 1. The molecule has 116 valence electrons. The van der Waals surface area contributed by atoms with E-state index in [4.69, 9.17) is 0 Å². The number of rotatable bonds is 4. The van der Waals surface area contributed by atoms with Crippen LogP contribution in [0.15, 0.2) is 65.7 Å². The quantitative estimate of drug-likeness (QED) is 0.774. The third-order valence-corrected chi connectivity index (χ3v) is 3.48. The molecule has 3 rings (SSSR count). The van der Waals surface area contributed by atoms with Gasteiger partial charge in [0.1, 0.15) is 5.69 Å². The van der Waals surface area contributed by atoms with E-state index in [1.54, 1.807) is 23.0 Å². The van der Waals surface area contributed by atoms with Crippen LogP contribution in [0.4, 0.5) is 0 Å². The molecule has 0 aliphatic carbocycles. The summed E-state index contributed by atoms with van der Waals surface area (Å²) >= 11 is 0. The van der Waals surface area contributed by atoms with Crippen LogP contribution >= 0.6 is 0 Å². The van der Waals surface area contributed by atoms with E-state index in [0.717, 1.165) is 11.3 Å². The summed E-state index contributed by atoms with van der Waals surface area (Å²) in [4.78, 5) is 25.9. The zero-order valence-corrected chi connectivity index (χ0v) is 12.6. The van der Waals surface area contributed by atoms with Crippen LogP contribution in [-0.4, -0.2) is 20.7 Å². The van der Waals surface area contributed by atoms with Crippen molar-refractivity contribution in [3.05, 3.63) is 82.5 Å². The average molecular weight is 308 g/mol. The number of aromatic amines is 1. The van der Waals surface area contributed by atoms with Crippen molar-refractivity contribution in [3.63, 3.8) is 0 Å². The molecule has 1 amide bonds. The molecule has 23 heavy (non-hydrogen) atoms. The van der Waals surface area contributed by atoms with Crippen molar-refractivity contribution in [2.24, 2.45) is 0 Å². The van der Waals surface area contributed by atoms with E-state index >= 15 is 0 Å². The molecule has 2 N–H and O–H groups in total. The summed E-state index contributed by atoms with van der Waals surface area (Å²) in [6.07, 6.45) is 3.58. The summed E-state index contributed by atoms with van der Waals surface area (Å²) in [5.41, 5.74) is 1.76. The van der Waals surface area contributed by atoms with Gasteiger partial charge < -0.3 is 10.3 Å². The zero-order valence-electron chi connectivity index (χ0n) is 12.6. The van der Waals surface area contributed by atoms with Crippen molar-refractivity contribution in [2.45, 2.75) is 13.0 Å².